The molecule has 1 saturated heterocycles. The quantitative estimate of drug-likeness (QED) is 0.837. The molecule has 0 saturated carbocycles. The van der Waals surface area contributed by atoms with Crippen LogP contribution in [-0.2, 0) is 4.79 Å². The Kier molecular flexibility index (Phi) is 5.71. The second kappa shape index (κ2) is 7.53. The van der Waals surface area contributed by atoms with Crippen LogP contribution >= 0.6 is 11.8 Å². The van der Waals surface area contributed by atoms with E-state index in [0.29, 0.717) is 24.0 Å². The lowest BCUT2D eigenvalue weighted by Gasteiger charge is -2.32. The van der Waals surface area contributed by atoms with E-state index < -0.39 is 0 Å². The molecule has 1 amide bonds. The number of thioether (sulfide) groups is 1. The van der Waals surface area contributed by atoms with E-state index in [0.717, 1.165) is 25.9 Å². The van der Waals surface area contributed by atoms with Crippen molar-refractivity contribution >= 4 is 17.7 Å². The third-order valence-corrected chi connectivity index (χ3v) is 3.97. The molecule has 2 rings (SSSR count). The highest BCUT2D eigenvalue weighted by Crippen LogP contribution is 2.19. The van der Waals surface area contributed by atoms with Gasteiger partial charge < -0.3 is 9.64 Å². The first kappa shape index (κ1) is 15.2. The summed E-state index contributed by atoms with van der Waals surface area (Å²) in [6, 6.07) is 6.05. The number of piperidine rings is 1. The van der Waals surface area contributed by atoms with Crippen molar-refractivity contribution < 1.29 is 13.9 Å². The Hall–Kier alpha value is -1.23. The molecule has 0 bridgehead atoms. The van der Waals surface area contributed by atoms with Gasteiger partial charge in [-0.1, -0.05) is 0 Å². The molecule has 1 heterocycles. The summed E-state index contributed by atoms with van der Waals surface area (Å²) < 4.78 is 18.5. The number of hydrogen-bond donors (Lipinski definition) is 0. The highest BCUT2D eigenvalue weighted by molar-refractivity contribution is 7.99. The van der Waals surface area contributed by atoms with Gasteiger partial charge in [-0.3, -0.25) is 4.79 Å². The number of amides is 1. The highest BCUT2D eigenvalue weighted by atomic mass is 32.2. The van der Waals surface area contributed by atoms with Crippen molar-refractivity contribution in [2.45, 2.75) is 12.8 Å². The lowest BCUT2D eigenvalue weighted by molar-refractivity contribution is -0.130. The summed E-state index contributed by atoms with van der Waals surface area (Å²) in [4.78, 5) is 13.8. The molecule has 1 aliphatic heterocycles. The van der Waals surface area contributed by atoms with E-state index >= 15 is 0 Å². The first-order valence-electron chi connectivity index (χ1n) is 6.84. The fourth-order valence-corrected chi connectivity index (χ4v) is 2.82. The van der Waals surface area contributed by atoms with Crippen LogP contribution in [0.4, 0.5) is 4.39 Å². The molecule has 0 aromatic heterocycles. The average Bonchev–Trinajstić information content (AvgIpc) is 2.47. The topological polar surface area (TPSA) is 29.5 Å². The van der Waals surface area contributed by atoms with Gasteiger partial charge in [-0.15, -0.1) is 0 Å². The zero-order valence-electron chi connectivity index (χ0n) is 11.7. The molecule has 20 heavy (non-hydrogen) atoms. The van der Waals surface area contributed by atoms with Gasteiger partial charge in [-0.05, 0) is 43.4 Å². The van der Waals surface area contributed by atoms with Gasteiger partial charge in [0.05, 0.1) is 12.4 Å². The Labute approximate surface area is 123 Å². The van der Waals surface area contributed by atoms with Gasteiger partial charge in [0.25, 0.3) is 0 Å². The monoisotopic (exact) mass is 297 g/mol. The number of carbonyl (C=O) groups excluding carboxylic acids is 1. The maximum atomic E-state index is 12.8. The fourth-order valence-electron chi connectivity index (χ4n) is 2.39. The minimum Gasteiger partial charge on any atom is -0.493 e. The number of halogens is 1. The zero-order chi connectivity index (χ0) is 14.4. The van der Waals surface area contributed by atoms with E-state index in [1.165, 1.54) is 12.1 Å². The standard InChI is InChI=1S/C15H20FNO2S/c1-20-11-15(18)17-8-2-3-12(9-17)10-19-14-6-4-13(16)5-7-14/h4-7,12H,2-3,8-11H2,1H3. The maximum Gasteiger partial charge on any atom is 0.232 e. The van der Waals surface area contributed by atoms with Gasteiger partial charge in [0.2, 0.25) is 5.91 Å². The predicted octanol–water partition coefficient (Wildman–Crippen LogP) is 2.81. The van der Waals surface area contributed by atoms with E-state index in [1.807, 2.05) is 11.2 Å². The summed E-state index contributed by atoms with van der Waals surface area (Å²) >= 11 is 1.56. The van der Waals surface area contributed by atoms with Crippen LogP contribution in [0.15, 0.2) is 24.3 Å². The van der Waals surface area contributed by atoms with E-state index in [2.05, 4.69) is 0 Å². The lowest BCUT2D eigenvalue weighted by Crippen LogP contribution is -2.42. The number of rotatable bonds is 5. The van der Waals surface area contributed by atoms with Crippen LogP contribution in [0.3, 0.4) is 0 Å². The number of benzene rings is 1. The van der Waals surface area contributed by atoms with Gasteiger partial charge in [0.15, 0.2) is 0 Å². The number of hydrogen-bond acceptors (Lipinski definition) is 3. The smallest absolute Gasteiger partial charge is 0.232 e. The molecule has 1 aliphatic rings. The number of nitrogens with zero attached hydrogens (tertiary/aromatic N) is 1. The Morgan fingerprint density at radius 2 is 2.20 bits per heavy atom. The Balaban J connectivity index is 1.80. The normalized spacial score (nSPS) is 18.9. The molecular formula is C15H20FNO2S. The SMILES string of the molecule is CSCC(=O)N1CCCC(COc2ccc(F)cc2)C1. The van der Waals surface area contributed by atoms with Crippen molar-refractivity contribution in [3.05, 3.63) is 30.1 Å². The molecular weight excluding hydrogens is 277 g/mol. The average molecular weight is 297 g/mol. The number of likely N-dealkylation sites (tertiary alicyclic amines) is 1. The van der Waals surface area contributed by atoms with Crippen LogP contribution < -0.4 is 4.74 Å². The van der Waals surface area contributed by atoms with E-state index in [4.69, 9.17) is 4.74 Å². The van der Waals surface area contributed by atoms with Gasteiger partial charge in [0, 0.05) is 19.0 Å². The first-order chi connectivity index (χ1) is 9.69. The lowest BCUT2D eigenvalue weighted by atomic mass is 9.99. The van der Waals surface area contributed by atoms with Crippen molar-refractivity contribution in [1.29, 1.82) is 0 Å². The van der Waals surface area contributed by atoms with E-state index in [9.17, 15) is 9.18 Å². The highest BCUT2D eigenvalue weighted by Gasteiger charge is 2.23. The van der Waals surface area contributed by atoms with E-state index in [1.54, 1.807) is 23.9 Å². The molecule has 1 fully saturated rings. The molecule has 1 atom stereocenters. The molecule has 3 nitrogen and oxygen atoms in total. The fraction of sp³-hybridized carbons (Fsp3) is 0.533. The third kappa shape index (κ3) is 4.40. The predicted molar refractivity (Wildman–Crippen MR) is 79.6 cm³/mol. The Bertz CT molecular complexity index is 438. The molecule has 0 spiro atoms. The van der Waals surface area contributed by atoms with Gasteiger partial charge in [0.1, 0.15) is 11.6 Å². The van der Waals surface area contributed by atoms with Gasteiger partial charge in [-0.2, -0.15) is 11.8 Å². The van der Waals surface area contributed by atoms with Gasteiger partial charge in [-0.25, -0.2) is 4.39 Å². The van der Waals surface area contributed by atoms with Crippen LogP contribution in [0.25, 0.3) is 0 Å². The van der Waals surface area contributed by atoms with Crippen molar-refractivity contribution in [3.63, 3.8) is 0 Å². The van der Waals surface area contributed by atoms with Crippen LogP contribution in [0.2, 0.25) is 0 Å². The Morgan fingerprint density at radius 1 is 1.45 bits per heavy atom. The van der Waals surface area contributed by atoms with Crippen molar-refractivity contribution in [1.82, 2.24) is 4.90 Å². The van der Waals surface area contributed by atoms with Crippen molar-refractivity contribution in [2.24, 2.45) is 5.92 Å². The summed E-state index contributed by atoms with van der Waals surface area (Å²) in [5.74, 6) is 1.54. The first-order valence-corrected chi connectivity index (χ1v) is 8.23. The number of carbonyl (C=O) groups is 1. The number of ether oxygens (including phenoxy) is 1. The summed E-state index contributed by atoms with van der Waals surface area (Å²) in [5.41, 5.74) is 0. The molecule has 0 N–H and O–H groups in total. The van der Waals surface area contributed by atoms with Crippen LogP contribution in [0, 0.1) is 11.7 Å². The second-order valence-electron chi connectivity index (χ2n) is 5.05. The molecule has 0 aliphatic carbocycles. The largest absolute Gasteiger partial charge is 0.493 e. The maximum absolute atomic E-state index is 12.8. The minimum absolute atomic E-state index is 0.212. The summed E-state index contributed by atoms with van der Waals surface area (Å²) in [7, 11) is 0. The zero-order valence-corrected chi connectivity index (χ0v) is 12.5. The van der Waals surface area contributed by atoms with Crippen LogP contribution in [0.1, 0.15) is 12.8 Å². The van der Waals surface area contributed by atoms with Crippen LogP contribution in [0.5, 0.6) is 5.75 Å². The molecule has 0 radical (unpaired) electrons. The molecule has 5 heteroatoms. The van der Waals surface area contributed by atoms with Gasteiger partial charge >= 0.3 is 0 Å². The summed E-state index contributed by atoms with van der Waals surface area (Å²) in [6.45, 7) is 2.20. The second-order valence-corrected chi connectivity index (χ2v) is 5.91. The molecule has 1 aromatic carbocycles. The summed E-state index contributed by atoms with van der Waals surface area (Å²) in [6.07, 6.45) is 4.04. The minimum atomic E-state index is -0.260. The Morgan fingerprint density at radius 3 is 2.90 bits per heavy atom. The molecule has 1 unspecified atom stereocenters. The summed E-state index contributed by atoms with van der Waals surface area (Å²) in [5, 5.41) is 0. The van der Waals surface area contributed by atoms with E-state index in [-0.39, 0.29) is 11.7 Å². The van der Waals surface area contributed by atoms with Crippen LogP contribution in [-0.4, -0.2) is 42.5 Å². The van der Waals surface area contributed by atoms with Crippen molar-refractivity contribution in [3.8, 4) is 5.75 Å². The molecule has 1 aromatic rings. The molecule has 110 valence electrons. The van der Waals surface area contributed by atoms with Crippen molar-refractivity contribution in [2.75, 3.05) is 31.7 Å². The third-order valence-electron chi connectivity index (χ3n) is 3.44.